The van der Waals surface area contributed by atoms with Gasteiger partial charge in [0.25, 0.3) is 0 Å². The predicted molar refractivity (Wildman–Crippen MR) is 92.8 cm³/mol. The van der Waals surface area contributed by atoms with Gasteiger partial charge in [0.05, 0.1) is 6.61 Å². The maximum Gasteiger partial charge on any atom is 0.116 e. The molecule has 2 atom stereocenters. The largest absolute Gasteiger partial charge is 0.494 e. The molecule has 124 valence electrons. The molecule has 22 heavy (non-hydrogen) atoms. The van der Waals surface area contributed by atoms with Crippen LogP contribution in [0.15, 0.2) is 35.6 Å². The third-order valence-electron chi connectivity index (χ3n) is 4.42. The Bertz CT molecular complexity index is 402. The fourth-order valence-electron chi connectivity index (χ4n) is 3.04. The number of epoxide rings is 1. The molecule has 0 aromatic carbocycles. The topological polar surface area (TPSA) is 21.8 Å². The summed E-state index contributed by atoms with van der Waals surface area (Å²) >= 11 is 0. The summed E-state index contributed by atoms with van der Waals surface area (Å²) in [5.74, 6) is 1.60. The van der Waals surface area contributed by atoms with Gasteiger partial charge in [-0.2, -0.15) is 0 Å². The van der Waals surface area contributed by atoms with Gasteiger partial charge in [0, 0.05) is 5.92 Å². The molecular formula is C20H32O2. The van der Waals surface area contributed by atoms with Crippen LogP contribution in [0.3, 0.4) is 0 Å². The number of rotatable bonds is 11. The van der Waals surface area contributed by atoms with Gasteiger partial charge in [-0.3, -0.25) is 0 Å². The molecule has 2 unspecified atom stereocenters. The maximum absolute atomic E-state index is 6.04. The van der Waals surface area contributed by atoms with Crippen molar-refractivity contribution in [2.75, 3.05) is 13.2 Å². The molecule has 1 saturated heterocycles. The first-order chi connectivity index (χ1) is 10.8. The van der Waals surface area contributed by atoms with Crippen LogP contribution in [-0.4, -0.2) is 19.3 Å². The van der Waals surface area contributed by atoms with E-state index in [4.69, 9.17) is 9.47 Å². The van der Waals surface area contributed by atoms with Crippen LogP contribution in [0.5, 0.6) is 0 Å². The summed E-state index contributed by atoms with van der Waals surface area (Å²) in [5.41, 5.74) is 1.44. The lowest BCUT2D eigenvalue weighted by Gasteiger charge is -2.24. The summed E-state index contributed by atoms with van der Waals surface area (Å²) in [5, 5.41) is 0. The highest BCUT2D eigenvalue weighted by Gasteiger charge is 2.26. The van der Waals surface area contributed by atoms with Crippen molar-refractivity contribution in [1.82, 2.24) is 0 Å². The minimum Gasteiger partial charge on any atom is -0.494 e. The quantitative estimate of drug-likeness (QED) is 0.368. The van der Waals surface area contributed by atoms with Gasteiger partial charge in [0.1, 0.15) is 18.5 Å². The average molecular weight is 304 g/mol. The molecular weight excluding hydrogens is 272 g/mol. The number of hydrogen-bond donors (Lipinski definition) is 0. The third-order valence-corrected chi connectivity index (χ3v) is 4.42. The molecule has 0 aromatic heterocycles. The van der Waals surface area contributed by atoms with E-state index in [0.717, 1.165) is 18.8 Å². The second kappa shape index (κ2) is 9.89. The Labute approximate surface area is 136 Å². The minimum atomic E-state index is 0.333. The standard InChI is InChI=1S/C20H32O2/c1-3-5-6-7-8-9-13-19-17(11-4-2)12-10-14-20(19)22-16-18-15-21-18/h10-12,14,18-19H,3-9,13,15-16H2,1-2H3. The van der Waals surface area contributed by atoms with Crippen LogP contribution in [0.4, 0.5) is 0 Å². The van der Waals surface area contributed by atoms with Crippen LogP contribution in [0, 0.1) is 5.92 Å². The van der Waals surface area contributed by atoms with Crippen LogP contribution in [0.1, 0.15) is 65.2 Å². The fourth-order valence-corrected chi connectivity index (χ4v) is 3.04. The fraction of sp³-hybridized carbons (Fsp3) is 0.700. The number of allylic oxidation sites excluding steroid dienone is 5. The van der Waals surface area contributed by atoms with Gasteiger partial charge in [0.15, 0.2) is 0 Å². The van der Waals surface area contributed by atoms with Crippen molar-refractivity contribution >= 4 is 0 Å². The molecule has 0 spiro atoms. The monoisotopic (exact) mass is 304 g/mol. The molecule has 1 aliphatic carbocycles. The third kappa shape index (κ3) is 6.00. The molecule has 0 bridgehead atoms. The molecule has 2 heteroatoms. The van der Waals surface area contributed by atoms with E-state index >= 15 is 0 Å². The first-order valence-electron chi connectivity index (χ1n) is 9.17. The van der Waals surface area contributed by atoms with Gasteiger partial charge >= 0.3 is 0 Å². The van der Waals surface area contributed by atoms with Crippen molar-refractivity contribution in [3.63, 3.8) is 0 Å². The highest BCUT2D eigenvalue weighted by atomic mass is 16.6. The van der Waals surface area contributed by atoms with Crippen LogP contribution in [0.25, 0.3) is 0 Å². The summed E-state index contributed by atoms with van der Waals surface area (Å²) in [6.07, 6.45) is 19.6. The summed E-state index contributed by atoms with van der Waals surface area (Å²) in [6, 6.07) is 0. The van der Waals surface area contributed by atoms with Gasteiger partial charge in [0.2, 0.25) is 0 Å². The van der Waals surface area contributed by atoms with Crippen molar-refractivity contribution < 1.29 is 9.47 Å². The highest BCUT2D eigenvalue weighted by Crippen LogP contribution is 2.32. The van der Waals surface area contributed by atoms with Gasteiger partial charge in [-0.05, 0) is 24.5 Å². The van der Waals surface area contributed by atoms with E-state index < -0.39 is 0 Å². The normalized spacial score (nSPS) is 25.4. The van der Waals surface area contributed by atoms with Crippen molar-refractivity contribution in [3.8, 4) is 0 Å². The Morgan fingerprint density at radius 1 is 1.18 bits per heavy atom. The number of unbranched alkanes of at least 4 members (excludes halogenated alkanes) is 5. The van der Waals surface area contributed by atoms with Crippen LogP contribution < -0.4 is 0 Å². The molecule has 0 radical (unpaired) electrons. The van der Waals surface area contributed by atoms with Crippen molar-refractivity contribution in [1.29, 1.82) is 0 Å². The second-order valence-corrected chi connectivity index (χ2v) is 6.42. The number of ether oxygens (including phenoxy) is 2. The van der Waals surface area contributed by atoms with E-state index in [-0.39, 0.29) is 0 Å². The zero-order valence-corrected chi connectivity index (χ0v) is 14.4. The van der Waals surface area contributed by atoms with E-state index in [0.29, 0.717) is 18.6 Å². The number of hydrogen-bond acceptors (Lipinski definition) is 2. The van der Waals surface area contributed by atoms with E-state index in [1.54, 1.807) is 0 Å². The Hall–Kier alpha value is -1.02. The molecule has 1 aliphatic heterocycles. The van der Waals surface area contributed by atoms with Gasteiger partial charge < -0.3 is 9.47 Å². The first kappa shape index (κ1) is 17.3. The van der Waals surface area contributed by atoms with Gasteiger partial charge in [-0.25, -0.2) is 0 Å². The predicted octanol–water partition coefficient (Wildman–Crippen LogP) is 5.56. The van der Waals surface area contributed by atoms with E-state index in [1.807, 2.05) is 0 Å². The summed E-state index contributed by atoms with van der Waals surface area (Å²) in [4.78, 5) is 0. The molecule has 2 rings (SSSR count). The van der Waals surface area contributed by atoms with Crippen molar-refractivity contribution in [2.45, 2.75) is 71.3 Å². The van der Waals surface area contributed by atoms with Gasteiger partial charge in [-0.1, -0.05) is 70.6 Å². The zero-order chi connectivity index (χ0) is 15.6. The summed E-state index contributed by atoms with van der Waals surface area (Å²) in [6.45, 7) is 6.06. The Morgan fingerprint density at radius 2 is 1.95 bits per heavy atom. The van der Waals surface area contributed by atoms with Crippen LogP contribution >= 0.6 is 0 Å². The zero-order valence-electron chi connectivity index (χ0n) is 14.4. The van der Waals surface area contributed by atoms with Crippen LogP contribution in [-0.2, 0) is 9.47 Å². The summed E-state index contributed by atoms with van der Waals surface area (Å²) in [7, 11) is 0. The SMILES string of the molecule is CCC=C1C=CC=C(OCC2CO2)C1CCCCCCCC. The first-order valence-corrected chi connectivity index (χ1v) is 9.17. The molecule has 0 aromatic rings. The summed E-state index contributed by atoms with van der Waals surface area (Å²) < 4.78 is 11.3. The molecule has 2 aliphatic rings. The Kier molecular flexibility index (Phi) is 7.79. The van der Waals surface area contributed by atoms with E-state index in [2.05, 4.69) is 38.2 Å². The molecule has 1 fully saturated rings. The van der Waals surface area contributed by atoms with Crippen LogP contribution in [0.2, 0.25) is 0 Å². The molecule has 0 saturated carbocycles. The Balaban J connectivity index is 1.81. The van der Waals surface area contributed by atoms with Gasteiger partial charge in [-0.15, -0.1) is 0 Å². The maximum atomic E-state index is 6.04. The lowest BCUT2D eigenvalue weighted by molar-refractivity contribution is 0.158. The second-order valence-electron chi connectivity index (χ2n) is 6.42. The average Bonchev–Trinajstić information content (AvgIpc) is 3.35. The smallest absolute Gasteiger partial charge is 0.116 e. The minimum absolute atomic E-state index is 0.333. The highest BCUT2D eigenvalue weighted by molar-refractivity contribution is 5.35. The van der Waals surface area contributed by atoms with E-state index in [9.17, 15) is 0 Å². The lowest BCUT2D eigenvalue weighted by Crippen LogP contribution is -2.14. The molecule has 1 heterocycles. The molecule has 0 amide bonds. The molecule has 2 nitrogen and oxygen atoms in total. The van der Waals surface area contributed by atoms with Crippen molar-refractivity contribution in [3.05, 3.63) is 35.6 Å². The van der Waals surface area contributed by atoms with E-state index in [1.165, 1.54) is 50.5 Å². The molecule has 0 N–H and O–H groups in total. The van der Waals surface area contributed by atoms with Crippen molar-refractivity contribution in [2.24, 2.45) is 5.92 Å². The lowest BCUT2D eigenvalue weighted by atomic mass is 9.87. The Morgan fingerprint density at radius 3 is 2.68 bits per heavy atom.